The maximum absolute atomic E-state index is 13.7. The number of likely N-dealkylation sites (N-methyl/N-ethyl adjacent to an activating group) is 1. The molecule has 0 saturated carbocycles. The number of alkyl halides is 1. The van der Waals surface area contributed by atoms with Crippen molar-refractivity contribution < 1.29 is 12.8 Å². The first kappa shape index (κ1) is 16.8. The van der Waals surface area contributed by atoms with Gasteiger partial charge in [0.2, 0.25) is 0 Å². The quantitative estimate of drug-likeness (QED) is 0.771. The number of hydrogen-bond donors (Lipinski definition) is 0. The van der Waals surface area contributed by atoms with Crippen LogP contribution in [0.15, 0.2) is 11.6 Å². The molecule has 1 saturated heterocycles. The highest BCUT2D eigenvalue weighted by Gasteiger charge is 2.35. The Morgan fingerprint density at radius 2 is 2.19 bits per heavy atom. The minimum Gasteiger partial charge on any atom is -0.289 e. The highest BCUT2D eigenvalue weighted by atomic mass is 32.2. The summed E-state index contributed by atoms with van der Waals surface area (Å²) in [6.45, 7) is 1.19. The average Bonchev–Trinajstić information content (AvgIpc) is 3.00. The fourth-order valence-corrected chi connectivity index (χ4v) is 4.04. The molecule has 1 aliphatic heterocycles. The maximum Gasteiger partial charge on any atom is 0.281 e. The van der Waals surface area contributed by atoms with E-state index in [-0.39, 0.29) is 12.6 Å². The number of thiazole rings is 1. The molecule has 0 N–H and O–H groups in total. The fourth-order valence-electron chi connectivity index (χ4n) is 2.48. The van der Waals surface area contributed by atoms with Crippen LogP contribution in [0, 0.1) is 0 Å². The smallest absolute Gasteiger partial charge is 0.281 e. The van der Waals surface area contributed by atoms with Crippen molar-refractivity contribution in [2.24, 2.45) is 0 Å². The van der Waals surface area contributed by atoms with Crippen molar-refractivity contribution in [3.8, 4) is 0 Å². The lowest BCUT2D eigenvalue weighted by molar-refractivity contribution is 0.212. The second-order valence-electron chi connectivity index (χ2n) is 5.41. The van der Waals surface area contributed by atoms with Gasteiger partial charge < -0.3 is 0 Å². The Labute approximate surface area is 129 Å². The second-order valence-corrected chi connectivity index (χ2v) is 8.64. The summed E-state index contributed by atoms with van der Waals surface area (Å²) < 4.78 is 40.3. The van der Waals surface area contributed by atoms with Crippen LogP contribution >= 0.6 is 11.3 Å². The van der Waals surface area contributed by atoms with E-state index in [9.17, 15) is 12.8 Å². The van der Waals surface area contributed by atoms with Crippen molar-refractivity contribution in [1.29, 1.82) is 0 Å². The van der Waals surface area contributed by atoms with Crippen LogP contribution in [0.5, 0.6) is 0 Å². The van der Waals surface area contributed by atoms with E-state index in [1.54, 1.807) is 6.20 Å². The van der Waals surface area contributed by atoms with Crippen molar-refractivity contribution in [3.63, 3.8) is 0 Å². The topological polar surface area (TPSA) is 56.8 Å². The summed E-state index contributed by atoms with van der Waals surface area (Å²) in [7, 11) is 1.05. The van der Waals surface area contributed by atoms with Gasteiger partial charge >= 0.3 is 0 Å². The van der Waals surface area contributed by atoms with Crippen LogP contribution < -0.4 is 0 Å². The van der Waals surface area contributed by atoms with E-state index in [2.05, 4.69) is 4.98 Å². The lowest BCUT2D eigenvalue weighted by Crippen LogP contribution is -2.44. The molecule has 2 rings (SSSR count). The molecule has 6 nitrogen and oxygen atoms in total. The van der Waals surface area contributed by atoms with E-state index < -0.39 is 16.4 Å². The summed E-state index contributed by atoms with van der Waals surface area (Å²) in [5.74, 6) is 0. The molecule has 0 radical (unpaired) electrons. The summed E-state index contributed by atoms with van der Waals surface area (Å²) in [5.41, 5.74) is 0. The van der Waals surface area contributed by atoms with Crippen LogP contribution in [0.2, 0.25) is 0 Å². The first-order valence-corrected chi connectivity index (χ1v) is 8.98. The van der Waals surface area contributed by atoms with Crippen LogP contribution in [-0.4, -0.2) is 73.4 Å². The van der Waals surface area contributed by atoms with E-state index in [0.717, 1.165) is 5.01 Å². The third-order valence-corrected chi connectivity index (χ3v) is 6.25. The van der Waals surface area contributed by atoms with Crippen molar-refractivity contribution in [3.05, 3.63) is 16.6 Å². The van der Waals surface area contributed by atoms with Gasteiger partial charge in [-0.2, -0.15) is 17.0 Å². The van der Waals surface area contributed by atoms with Crippen LogP contribution in [0.1, 0.15) is 11.4 Å². The van der Waals surface area contributed by atoms with E-state index in [1.807, 2.05) is 10.3 Å². The highest BCUT2D eigenvalue weighted by molar-refractivity contribution is 7.86. The third-order valence-electron chi connectivity index (χ3n) is 3.62. The van der Waals surface area contributed by atoms with Gasteiger partial charge in [0.25, 0.3) is 10.2 Å². The van der Waals surface area contributed by atoms with Gasteiger partial charge in [0.1, 0.15) is 11.2 Å². The molecule has 0 aliphatic carbocycles. The van der Waals surface area contributed by atoms with Gasteiger partial charge in [-0.3, -0.25) is 4.90 Å². The summed E-state index contributed by atoms with van der Waals surface area (Å²) in [4.78, 5) is 6.19. The maximum atomic E-state index is 13.7. The molecule has 0 bridgehead atoms. The number of halogens is 1. The Morgan fingerprint density at radius 1 is 1.48 bits per heavy atom. The molecule has 2 atom stereocenters. The van der Waals surface area contributed by atoms with E-state index in [4.69, 9.17) is 0 Å². The van der Waals surface area contributed by atoms with Crippen molar-refractivity contribution in [2.45, 2.75) is 25.2 Å². The zero-order chi connectivity index (χ0) is 15.6. The van der Waals surface area contributed by atoms with Gasteiger partial charge in [0.05, 0.1) is 6.54 Å². The van der Waals surface area contributed by atoms with Crippen LogP contribution in [-0.2, 0) is 16.8 Å². The SMILES string of the molecule is CN(C)S(=O)(=O)N(C)C[C@@H]1C[C@H](F)CN1Cc1nccs1. The normalized spacial score (nSPS) is 24.3. The predicted molar refractivity (Wildman–Crippen MR) is 81.1 cm³/mol. The minimum absolute atomic E-state index is 0.122. The molecule has 120 valence electrons. The molecule has 0 spiro atoms. The van der Waals surface area contributed by atoms with Gasteiger partial charge in [-0.1, -0.05) is 0 Å². The Hall–Kier alpha value is -0.610. The molecule has 2 heterocycles. The molecular formula is C12H21FN4O2S2. The Kier molecular flexibility index (Phi) is 5.31. The highest BCUT2D eigenvalue weighted by Crippen LogP contribution is 2.24. The summed E-state index contributed by atoms with van der Waals surface area (Å²) in [5, 5.41) is 2.81. The molecule has 0 unspecified atom stereocenters. The average molecular weight is 336 g/mol. The molecule has 1 aromatic rings. The number of hydrogen-bond acceptors (Lipinski definition) is 5. The van der Waals surface area contributed by atoms with E-state index in [1.165, 1.54) is 41.1 Å². The Morgan fingerprint density at radius 3 is 2.76 bits per heavy atom. The molecule has 1 aliphatic rings. The van der Waals surface area contributed by atoms with Gasteiger partial charge in [0, 0.05) is 51.9 Å². The third kappa shape index (κ3) is 3.98. The monoisotopic (exact) mass is 336 g/mol. The molecular weight excluding hydrogens is 315 g/mol. The number of nitrogens with zero attached hydrogens (tertiary/aromatic N) is 4. The number of likely N-dealkylation sites (tertiary alicyclic amines) is 1. The van der Waals surface area contributed by atoms with E-state index >= 15 is 0 Å². The van der Waals surface area contributed by atoms with Crippen molar-refractivity contribution in [1.82, 2.24) is 18.5 Å². The predicted octanol–water partition coefficient (Wildman–Crippen LogP) is 0.794. The lowest BCUT2D eigenvalue weighted by Gasteiger charge is -2.28. The van der Waals surface area contributed by atoms with Gasteiger partial charge in [-0.05, 0) is 6.42 Å². The molecule has 21 heavy (non-hydrogen) atoms. The molecule has 1 aromatic heterocycles. The summed E-state index contributed by atoms with van der Waals surface area (Å²) >= 11 is 1.53. The molecule has 9 heteroatoms. The van der Waals surface area contributed by atoms with Crippen LogP contribution in [0.25, 0.3) is 0 Å². The van der Waals surface area contributed by atoms with Crippen LogP contribution in [0.4, 0.5) is 4.39 Å². The fraction of sp³-hybridized carbons (Fsp3) is 0.750. The Bertz CT molecular complexity index is 550. The summed E-state index contributed by atoms with van der Waals surface area (Å²) in [6, 6.07) is -0.122. The van der Waals surface area contributed by atoms with Crippen molar-refractivity contribution >= 4 is 21.5 Å². The first-order valence-electron chi connectivity index (χ1n) is 6.71. The van der Waals surface area contributed by atoms with Gasteiger partial charge in [-0.15, -0.1) is 11.3 Å². The van der Waals surface area contributed by atoms with Gasteiger partial charge in [-0.25, -0.2) is 9.37 Å². The summed E-state index contributed by atoms with van der Waals surface area (Å²) in [6.07, 6.45) is 1.17. The van der Waals surface area contributed by atoms with Crippen LogP contribution in [0.3, 0.4) is 0 Å². The number of aromatic nitrogens is 1. The largest absolute Gasteiger partial charge is 0.289 e. The zero-order valence-electron chi connectivity index (χ0n) is 12.4. The molecule has 0 amide bonds. The van der Waals surface area contributed by atoms with E-state index in [0.29, 0.717) is 19.5 Å². The zero-order valence-corrected chi connectivity index (χ0v) is 14.1. The standard InChI is InChI=1S/C12H21FN4O2S2/c1-15(2)21(18,19)16(3)8-11-6-10(13)7-17(11)9-12-14-4-5-20-12/h4-5,10-11H,6-9H2,1-3H3/t10-,11-/m0/s1. The molecule has 0 aromatic carbocycles. The van der Waals surface area contributed by atoms with Gasteiger partial charge in [0.15, 0.2) is 0 Å². The number of rotatable bonds is 6. The lowest BCUT2D eigenvalue weighted by atomic mass is 10.2. The second kappa shape index (κ2) is 6.66. The Balaban J connectivity index is 2.03. The van der Waals surface area contributed by atoms with Crippen molar-refractivity contribution in [2.75, 3.05) is 34.2 Å². The minimum atomic E-state index is -3.46. The molecule has 1 fully saturated rings. The first-order chi connectivity index (χ1) is 9.80.